The van der Waals surface area contributed by atoms with E-state index in [9.17, 15) is 0 Å². The van der Waals surface area contributed by atoms with Gasteiger partial charge in [0.15, 0.2) is 5.96 Å². The number of aryl methyl sites for hydroxylation is 1. The van der Waals surface area contributed by atoms with E-state index in [0.717, 1.165) is 31.9 Å². The first-order chi connectivity index (χ1) is 8.78. The van der Waals surface area contributed by atoms with Crippen LogP contribution in [0.25, 0.3) is 0 Å². The van der Waals surface area contributed by atoms with Crippen LogP contribution in [0.4, 0.5) is 0 Å². The molecule has 0 saturated carbocycles. The summed E-state index contributed by atoms with van der Waals surface area (Å²) in [6.45, 7) is 3.71. The Morgan fingerprint density at radius 2 is 2.21 bits per heavy atom. The van der Waals surface area contributed by atoms with Crippen LogP contribution in [0, 0.1) is 6.92 Å². The fraction of sp³-hybridized carbons (Fsp3) is 0.538. The molecule has 0 atom stereocenters. The maximum absolute atomic E-state index is 4.25. The molecule has 6 heteroatoms. The number of nitrogens with zero attached hydrogens (tertiary/aromatic N) is 3. The first kappa shape index (κ1) is 16.0. The van der Waals surface area contributed by atoms with Crippen LogP contribution in [-0.4, -0.2) is 35.4 Å². The third kappa shape index (κ3) is 5.22. The van der Waals surface area contributed by atoms with Gasteiger partial charge in [-0.2, -0.15) is 5.10 Å². The number of rotatable bonds is 4. The van der Waals surface area contributed by atoms with Gasteiger partial charge in [0.25, 0.3) is 0 Å². The minimum atomic E-state index is 0. The summed E-state index contributed by atoms with van der Waals surface area (Å²) in [6, 6.07) is 0.489. The summed E-state index contributed by atoms with van der Waals surface area (Å²) < 4.78 is 1.94. The molecule has 106 valence electrons. The van der Waals surface area contributed by atoms with Gasteiger partial charge in [0, 0.05) is 25.8 Å². The second-order valence-corrected chi connectivity index (χ2v) is 4.56. The zero-order chi connectivity index (χ0) is 12.8. The predicted octanol–water partition coefficient (Wildman–Crippen LogP) is 1.69. The van der Waals surface area contributed by atoms with Crippen LogP contribution < -0.4 is 10.6 Å². The fourth-order valence-corrected chi connectivity index (χ4v) is 2.00. The van der Waals surface area contributed by atoms with Gasteiger partial charge in [0.1, 0.15) is 0 Å². The van der Waals surface area contributed by atoms with Gasteiger partial charge in [-0.1, -0.05) is 12.2 Å². The van der Waals surface area contributed by atoms with Crippen molar-refractivity contribution in [1.82, 2.24) is 20.4 Å². The monoisotopic (exact) mass is 375 g/mol. The lowest BCUT2D eigenvalue weighted by molar-refractivity contribution is 0.584. The minimum Gasteiger partial charge on any atom is -0.355 e. The number of aromatic nitrogens is 2. The van der Waals surface area contributed by atoms with E-state index >= 15 is 0 Å². The van der Waals surface area contributed by atoms with Crippen LogP contribution in [0.5, 0.6) is 0 Å². The largest absolute Gasteiger partial charge is 0.355 e. The quantitative estimate of drug-likeness (QED) is 0.365. The van der Waals surface area contributed by atoms with Crippen LogP contribution in [0.2, 0.25) is 0 Å². The van der Waals surface area contributed by atoms with Gasteiger partial charge in [-0.05, 0) is 25.3 Å². The summed E-state index contributed by atoms with van der Waals surface area (Å²) in [7, 11) is 1.80. The Morgan fingerprint density at radius 1 is 1.47 bits per heavy atom. The standard InChI is InChI=1S/C13H21N5.HI/c1-11-9-16-18(10-11)8-7-15-13(14-2)17-12-5-3-4-6-12;/h3-4,9-10,12H,5-8H2,1-2H3,(H2,14,15,17);1H. The molecule has 0 bridgehead atoms. The highest BCUT2D eigenvalue weighted by Gasteiger charge is 2.11. The van der Waals surface area contributed by atoms with Crippen molar-refractivity contribution in [3.05, 3.63) is 30.1 Å². The number of aliphatic imine (C=N–C) groups is 1. The molecule has 1 heterocycles. The van der Waals surface area contributed by atoms with Gasteiger partial charge in [-0.15, -0.1) is 24.0 Å². The van der Waals surface area contributed by atoms with E-state index in [0.29, 0.717) is 6.04 Å². The summed E-state index contributed by atoms with van der Waals surface area (Å²) in [5, 5.41) is 11.0. The van der Waals surface area contributed by atoms with E-state index < -0.39 is 0 Å². The summed E-state index contributed by atoms with van der Waals surface area (Å²) in [5.74, 6) is 0.868. The second kappa shape index (κ2) is 8.19. The average molecular weight is 375 g/mol. The Hall–Kier alpha value is -1.05. The summed E-state index contributed by atoms with van der Waals surface area (Å²) in [4.78, 5) is 4.22. The topological polar surface area (TPSA) is 54.2 Å². The van der Waals surface area contributed by atoms with Crippen molar-refractivity contribution in [3.63, 3.8) is 0 Å². The molecule has 1 aromatic heterocycles. The summed E-state index contributed by atoms with van der Waals surface area (Å²) >= 11 is 0. The van der Waals surface area contributed by atoms with Crippen LogP contribution in [0.15, 0.2) is 29.5 Å². The maximum atomic E-state index is 4.25. The van der Waals surface area contributed by atoms with E-state index in [1.807, 2.05) is 24.0 Å². The highest BCUT2D eigenvalue weighted by Crippen LogP contribution is 2.08. The first-order valence-electron chi connectivity index (χ1n) is 6.39. The molecule has 0 aromatic carbocycles. The molecule has 1 aromatic rings. The van der Waals surface area contributed by atoms with Crippen molar-refractivity contribution in [1.29, 1.82) is 0 Å². The highest BCUT2D eigenvalue weighted by molar-refractivity contribution is 14.0. The SMILES string of the molecule is CN=C(NCCn1cc(C)cn1)NC1CC=CC1.I. The average Bonchev–Trinajstić information content (AvgIpc) is 3.00. The van der Waals surface area contributed by atoms with Crippen molar-refractivity contribution in [2.45, 2.75) is 32.4 Å². The predicted molar refractivity (Wildman–Crippen MR) is 89.0 cm³/mol. The molecule has 1 aliphatic carbocycles. The zero-order valence-corrected chi connectivity index (χ0v) is 13.8. The summed E-state index contributed by atoms with van der Waals surface area (Å²) in [6.07, 6.45) is 10.5. The second-order valence-electron chi connectivity index (χ2n) is 4.56. The molecular formula is C13H22IN5. The van der Waals surface area contributed by atoms with Gasteiger partial charge in [0.2, 0.25) is 0 Å². The van der Waals surface area contributed by atoms with Crippen LogP contribution >= 0.6 is 24.0 Å². The molecule has 1 aliphatic rings. The number of halogens is 1. The van der Waals surface area contributed by atoms with Gasteiger partial charge >= 0.3 is 0 Å². The van der Waals surface area contributed by atoms with E-state index in [1.165, 1.54) is 5.56 Å². The van der Waals surface area contributed by atoms with E-state index in [2.05, 4.69) is 32.9 Å². The highest BCUT2D eigenvalue weighted by atomic mass is 127. The molecule has 2 rings (SSSR count). The molecule has 19 heavy (non-hydrogen) atoms. The van der Waals surface area contributed by atoms with Gasteiger partial charge in [0.05, 0.1) is 12.7 Å². The van der Waals surface area contributed by atoms with E-state index in [4.69, 9.17) is 0 Å². The smallest absolute Gasteiger partial charge is 0.191 e. The number of nitrogens with one attached hydrogen (secondary N) is 2. The maximum Gasteiger partial charge on any atom is 0.191 e. The van der Waals surface area contributed by atoms with Crippen molar-refractivity contribution in [2.24, 2.45) is 4.99 Å². The molecule has 2 N–H and O–H groups in total. The molecule has 0 saturated heterocycles. The lowest BCUT2D eigenvalue weighted by atomic mass is 10.2. The van der Waals surface area contributed by atoms with Gasteiger partial charge < -0.3 is 10.6 Å². The third-order valence-electron chi connectivity index (χ3n) is 2.97. The van der Waals surface area contributed by atoms with Gasteiger partial charge in [-0.25, -0.2) is 0 Å². The van der Waals surface area contributed by atoms with Crippen LogP contribution in [-0.2, 0) is 6.54 Å². The van der Waals surface area contributed by atoms with Crippen molar-refractivity contribution in [2.75, 3.05) is 13.6 Å². The van der Waals surface area contributed by atoms with Crippen LogP contribution in [0.1, 0.15) is 18.4 Å². The fourth-order valence-electron chi connectivity index (χ4n) is 2.00. The van der Waals surface area contributed by atoms with Gasteiger partial charge in [-0.3, -0.25) is 9.67 Å². The molecule has 0 fully saturated rings. The minimum absolute atomic E-state index is 0. The third-order valence-corrected chi connectivity index (χ3v) is 2.97. The lowest BCUT2D eigenvalue weighted by Gasteiger charge is -2.16. The Balaban J connectivity index is 0.00000180. The Labute approximate surface area is 131 Å². The number of hydrogen-bond acceptors (Lipinski definition) is 2. The first-order valence-corrected chi connectivity index (χ1v) is 6.39. The van der Waals surface area contributed by atoms with E-state index in [1.54, 1.807) is 7.05 Å². The molecule has 0 spiro atoms. The van der Waals surface area contributed by atoms with Crippen LogP contribution in [0.3, 0.4) is 0 Å². The van der Waals surface area contributed by atoms with Crippen molar-refractivity contribution < 1.29 is 0 Å². The number of hydrogen-bond donors (Lipinski definition) is 2. The Bertz CT molecular complexity index is 430. The Morgan fingerprint density at radius 3 is 2.79 bits per heavy atom. The molecular weight excluding hydrogens is 353 g/mol. The molecule has 0 unspecified atom stereocenters. The normalized spacial score (nSPS) is 15.4. The Kier molecular flexibility index (Phi) is 6.90. The molecule has 5 nitrogen and oxygen atoms in total. The zero-order valence-electron chi connectivity index (χ0n) is 11.5. The molecule has 0 radical (unpaired) electrons. The summed E-state index contributed by atoms with van der Waals surface area (Å²) in [5.41, 5.74) is 1.19. The molecule has 0 aliphatic heterocycles. The van der Waals surface area contributed by atoms with Crippen molar-refractivity contribution in [3.8, 4) is 0 Å². The lowest BCUT2D eigenvalue weighted by Crippen LogP contribution is -2.43. The number of guanidine groups is 1. The van der Waals surface area contributed by atoms with E-state index in [-0.39, 0.29) is 24.0 Å². The van der Waals surface area contributed by atoms with Crippen molar-refractivity contribution >= 4 is 29.9 Å². The molecule has 0 amide bonds.